The lowest BCUT2D eigenvalue weighted by Gasteiger charge is -2.29. The zero-order valence-corrected chi connectivity index (χ0v) is 20.2. The Balaban J connectivity index is 1.54. The monoisotopic (exact) mass is 454 g/mol. The fourth-order valence-corrected chi connectivity index (χ4v) is 4.58. The van der Waals surface area contributed by atoms with Crippen LogP contribution in [-0.2, 0) is 6.54 Å². The van der Waals surface area contributed by atoms with Crippen molar-refractivity contribution in [1.82, 2.24) is 20.3 Å². The number of aliphatic hydroxyl groups excluding tert-OH is 1. The number of hydrogen-bond acceptors (Lipinski definition) is 8. The average Bonchev–Trinajstić information content (AvgIpc) is 3.15. The zero-order chi connectivity index (χ0) is 22.7. The van der Waals surface area contributed by atoms with E-state index in [9.17, 15) is 5.11 Å². The van der Waals surface area contributed by atoms with E-state index in [0.29, 0.717) is 12.1 Å². The smallest absolute Gasteiger partial charge is 0.190 e. The highest BCUT2D eigenvalue weighted by Crippen LogP contribution is 2.28. The second kappa shape index (κ2) is 9.68. The van der Waals surface area contributed by atoms with Gasteiger partial charge in [-0.05, 0) is 67.9 Å². The first-order chi connectivity index (χ1) is 15.3. The summed E-state index contributed by atoms with van der Waals surface area (Å²) < 4.78 is 0. The summed E-state index contributed by atoms with van der Waals surface area (Å²) >= 11 is 1.52. The lowest BCUT2D eigenvalue weighted by atomic mass is 9.88. The number of thiazole rings is 1. The molecule has 4 rings (SSSR count). The Morgan fingerprint density at radius 2 is 1.88 bits per heavy atom. The second-order valence-corrected chi connectivity index (χ2v) is 10.8. The van der Waals surface area contributed by atoms with E-state index in [1.165, 1.54) is 11.3 Å². The fourth-order valence-electron chi connectivity index (χ4n) is 3.77. The van der Waals surface area contributed by atoms with Crippen LogP contribution in [-0.4, -0.2) is 38.2 Å². The molecule has 1 saturated carbocycles. The van der Waals surface area contributed by atoms with E-state index >= 15 is 0 Å². The van der Waals surface area contributed by atoms with Gasteiger partial charge in [0.15, 0.2) is 5.13 Å². The molecule has 4 N–H and O–H groups in total. The summed E-state index contributed by atoms with van der Waals surface area (Å²) in [5, 5.41) is 21.2. The molecule has 0 saturated heterocycles. The van der Waals surface area contributed by atoms with Crippen molar-refractivity contribution in [3.63, 3.8) is 0 Å². The summed E-state index contributed by atoms with van der Waals surface area (Å²) in [6, 6.07) is 8.78. The number of anilines is 3. The molecule has 0 bridgehead atoms. The lowest BCUT2D eigenvalue weighted by molar-refractivity contribution is 0.126. The second-order valence-electron chi connectivity index (χ2n) is 9.84. The molecule has 0 amide bonds. The van der Waals surface area contributed by atoms with Crippen molar-refractivity contribution in [2.24, 2.45) is 5.41 Å². The molecular weight excluding hydrogens is 420 g/mol. The van der Waals surface area contributed by atoms with E-state index in [-0.39, 0.29) is 11.5 Å². The van der Waals surface area contributed by atoms with Crippen LogP contribution in [0, 0.1) is 5.41 Å². The largest absolute Gasteiger partial charge is 0.393 e. The van der Waals surface area contributed by atoms with Gasteiger partial charge in [-0.3, -0.25) is 0 Å². The molecule has 7 nitrogen and oxygen atoms in total. The highest BCUT2D eigenvalue weighted by atomic mass is 32.1. The minimum atomic E-state index is -0.166. The van der Waals surface area contributed by atoms with Crippen molar-refractivity contribution in [2.45, 2.75) is 78.1 Å². The van der Waals surface area contributed by atoms with Crippen LogP contribution in [0.1, 0.15) is 58.9 Å². The van der Waals surface area contributed by atoms with Gasteiger partial charge in [-0.15, -0.1) is 0 Å². The first-order valence-corrected chi connectivity index (χ1v) is 12.3. The summed E-state index contributed by atoms with van der Waals surface area (Å²) in [6.45, 7) is 9.72. The van der Waals surface area contributed by atoms with Gasteiger partial charge in [0.1, 0.15) is 22.0 Å². The molecule has 3 heterocycles. The number of aromatic nitrogens is 3. The fraction of sp³-hybridized carbons (Fsp3) is 0.542. The highest BCUT2D eigenvalue weighted by molar-refractivity contribution is 7.21. The third kappa shape index (κ3) is 5.94. The normalized spacial score (nSPS) is 20.3. The Labute approximate surface area is 194 Å². The molecule has 172 valence electrons. The third-order valence-corrected chi connectivity index (χ3v) is 7.14. The number of nitrogens with zero attached hydrogens (tertiary/aromatic N) is 3. The molecule has 0 radical (unpaired) electrons. The molecule has 8 heteroatoms. The van der Waals surface area contributed by atoms with Crippen LogP contribution >= 0.6 is 11.3 Å². The van der Waals surface area contributed by atoms with Gasteiger partial charge in [-0.2, -0.15) is 0 Å². The number of nitrogens with one attached hydrogen (secondary N) is 3. The van der Waals surface area contributed by atoms with Crippen molar-refractivity contribution in [3.8, 4) is 0 Å². The van der Waals surface area contributed by atoms with Gasteiger partial charge in [-0.25, -0.2) is 15.0 Å². The van der Waals surface area contributed by atoms with Crippen molar-refractivity contribution in [3.05, 3.63) is 36.0 Å². The van der Waals surface area contributed by atoms with Crippen LogP contribution in [0.5, 0.6) is 0 Å². The zero-order valence-electron chi connectivity index (χ0n) is 19.4. The molecule has 1 aliphatic carbocycles. The maximum Gasteiger partial charge on any atom is 0.190 e. The van der Waals surface area contributed by atoms with Crippen LogP contribution in [0.2, 0.25) is 0 Å². The van der Waals surface area contributed by atoms with E-state index in [4.69, 9.17) is 4.98 Å². The van der Waals surface area contributed by atoms with Gasteiger partial charge in [0, 0.05) is 24.8 Å². The van der Waals surface area contributed by atoms with Gasteiger partial charge in [-0.1, -0.05) is 32.1 Å². The van der Waals surface area contributed by atoms with Crippen LogP contribution in [0.4, 0.5) is 16.8 Å². The minimum Gasteiger partial charge on any atom is -0.393 e. The minimum absolute atomic E-state index is 0.166. The third-order valence-electron chi connectivity index (χ3n) is 6.25. The quantitative estimate of drug-likeness (QED) is 0.396. The molecule has 1 atom stereocenters. The summed E-state index contributed by atoms with van der Waals surface area (Å²) in [7, 11) is 0. The van der Waals surface area contributed by atoms with Gasteiger partial charge in [0.25, 0.3) is 0 Å². The topological polar surface area (TPSA) is 95.0 Å². The molecule has 1 fully saturated rings. The van der Waals surface area contributed by atoms with Gasteiger partial charge in [0.05, 0.1) is 6.10 Å². The lowest BCUT2D eigenvalue weighted by Crippen LogP contribution is -2.37. The average molecular weight is 455 g/mol. The molecule has 0 aromatic carbocycles. The highest BCUT2D eigenvalue weighted by Gasteiger charge is 2.21. The summed E-state index contributed by atoms with van der Waals surface area (Å²) in [4.78, 5) is 14.8. The molecule has 3 aromatic heterocycles. The van der Waals surface area contributed by atoms with Crippen LogP contribution in [0.3, 0.4) is 0 Å². The molecule has 0 spiro atoms. The van der Waals surface area contributed by atoms with Crippen LogP contribution in [0.15, 0.2) is 30.5 Å². The number of aliphatic hydroxyl groups is 1. The summed E-state index contributed by atoms with van der Waals surface area (Å²) in [5.41, 5.74) is 2.23. The van der Waals surface area contributed by atoms with Gasteiger partial charge in [0.2, 0.25) is 0 Å². The summed E-state index contributed by atoms with van der Waals surface area (Å²) in [5.74, 6) is 1.63. The SMILES string of the molecule is C[C@@H](NCc1cc(Nc2nc3cccnc3s2)nc(N[C@H]2CC[C@H](O)CC2)c1)C(C)(C)C. The van der Waals surface area contributed by atoms with E-state index in [0.717, 1.165) is 64.9 Å². The number of rotatable bonds is 7. The molecule has 32 heavy (non-hydrogen) atoms. The molecule has 0 aliphatic heterocycles. The number of fused-ring (bicyclic) bond motifs is 1. The van der Waals surface area contributed by atoms with Crippen LogP contribution < -0.4 is 16.0 Å². The van der Waals surface area contributed by atoms with Crippen molar-refractivity contribution < 1.29 is 5.11 Å². The maximum absolute atomic E-state index is 9.82. The first-order valence-electron chi connectivity index (χ1n) is 11.4. The Hall–Kier alpha value is -2.29. The Bertz CT molecular complexity index is 1010. The Morgan fingerprint density at radius 3 is 2.59 bits per heavy atom. The standard InChI is InChI=1S/C24H34N6OS/c1-15(24(2,3)4)26-14-16-12-20(27-17-7-9-18(31)10-8-17)29-21(13-16)30-23-28-19-6-5-11-25-22(19)32-23/h5-6,11-13,15,17-18,26,31H,7-10,14H2,1-4H3,(H2,27,28,29,30)/t15-,17-,18-/m1/s1. The first kappa shape index (κ1) is 22.9. The molecule has 1 aliphatic rings. The van der Waals surface area contributed by atoms with E-state index in [1.54, 1.807) is 6.20 Å². The Kier molecular flexibility index (Phi) is 6.93. The van der Waals surface area contributed by atoms with Crippen molar-refractivity contribution >= 4 is 38.5 Å². The van der Waals surface area contributed by atoms with Gasteiger partial charge < -0.3 is 21.1 Å². The molecule has 0 unspecified atom stereocenters. The van der Waals surface area contributed by atoms with E-state index < -0.39 is 0 Å². The van der Waals surface area contributed by atoms with E-state index in [1.807, 2.05) is 12.1 Å². The predicted octanol–water partition coefficient (Wildman–Crippen LogP) is 5.07. The maximum atomic E-state index is 9.82. The summed E-state index contributed by atoms with van der Waals surface area (Å²) in [6.07, 6.45) is 5.21. The van der Waals surface area contributed by atoms with Crippen LogP contribution in [0.25, 0.3) is 10.3 Å². The number of hydrogen-bond donors (Lipinski definition) is 4. The van der Waals surface area contributed by atoms with Crippen molar-refractivity contribution in [2.75, 3.05) is 10.6 Å². The Morgan fingerprint density at radius 1 is 1.12 bits per heavy atom. The van der Waals surface area contributed by atoms with Gasteiger partial charge >= 0.3 is 0 Å². The molecule has 3 aromatic rings. The predicted molar refractivity (Wildman–Crippen MR) is 133 cm³/mol. The van der Waals surface area contributed by atoms with Crippen molar-refractivity contribution in [1.29, 1.82) is 0 Å². The number of pyridine rings is 2. The van der Waals surface area contributed by atoms with E-state index in [2.05, 4.69) is 65.7 Å². The molecular formula is C24H34N6OS.